The van der Waals surface area contributed by atoms with E-state index in [4.69, 9.17) is 0 Å². The lowest BCUT2D eigenvalue weighted by molar-refractivity contribution is 0.139. The third-order valence-corrected chi connectivity index (χ3v) is 4.91. The monoisotopic (exact) mass is 282 g/mol. The quantitative estimate of drug-likeness (QED) is 0.839. The topological polar surface area (TPSA) is 31.4 Å². The van der Waals surface area contributed by atoms with E-state index >= 15 is 0 Å². The summed E-state index contributed by atoms with van der Waals surface area (Å²) in [5.74, 6) is 0. The molecule has 2 rings (SSSR count). The Morgan fingerprint density at radius 3 is 2.89 bits per heavy atom. The van der Waals surface area contributed by atoms with Crippen LogP contribution in [0.3, 0.4) is 0 Å². The van der Waals surface area contributed by atoms with Crippen LogP contribution in [0.15, 0.2) is 6.20 Å². The minimum atomic E-state index is 0.227. The minimum absolute atomic E-state index is 0.227. The smallest absolute Gasteiger partial charge is 0.185 e. The van der Waals surface area contributed by atoms with Crippen molar-refractivity contribution in [1.82, 2.24) is 15.2 Å². The zero-order chi connectivity index (χ0) is 13.9. The van der Waals surface area contributed by atoms with E-state index in [0.717, 1.165) is 32.7 Å². The number of nitrogens with zero attached hydrogens (tertiary/aromatic N) is 3. The van der Waals surface area contributed by atoms with Crippen LogP contribution in [-0.4, -0.2) is 48.6 Å². The number of aromatic nitrogens is 1. The molecule has 0 aromatic carbocycles. The van der Waals surface area contributed by atoms with Crippen LogP contribution in [-0.2, 0) is 6.54 Å². The molecule has 0 aliphatic carbocycles. The second-order valence-electron chi connectivity index (χ2n) is 5.94. The average molecular weight is 282 g/mol. The molecule has 1 aromatic heterocycles. The molecule has 1 N–H and O–H groups in total. The zero-order valence-electron chi connectivity index (χ0n) is 12.6. The van der Waals surface area contributed by atoms with Gasteiger partial charge in [0.15, 0.2) is 5.13 Å². The molecule has 2 heterocycles. The van der Waals surface area contributed by atoms with Crippen molar-refractivity contribution in [3.8, 4) is 0 Å². The summed E-state index contributed by atoms with van der Waals surface area (Å²) in [6, 6.07) is 0. The molecule has 0 bridgehead atoms. The number of likely N-dealkylation sites (N-methyl/N-ethyl adjacent to an activating group) is 1. The summed E-state index contributed by atoms with van der Waals surface area (Å²) in [5, 5.41) is 4.61. The van der Waals surface area contributed by atoms with Gasteiger partial charge in [-0.1, -0.05) is 6.92 Å². The van der Waals surface area contributed by atoms with Gasteiger partial charge in [0.1, 0.15) is 0 Å². The fourth-order valence-corrected chi connectivity index (χ4v) is 3.22. The summed E-state index contributed by atoms with van der Waals surface area (Å²) in [5.41, 5.74) is 0.227. The summed E-state index contributed by atoms with van der Waals surface area (Å²) >= 11 is 1.83. The Hall–Kier alpha value is -0.650. The van der Waals surface area contributed by atoms with Crippen molar-refractivity contribution in [3.63, 3.8) is 0 Å². The SMILES string of the molecule is CCCNCc1cnc(N2CCN(C)C(C)(C)C2)s1. The molecule has 5 heteroatoms. The fraction of sp³-hybridized carbons (Fsp3) is 0.786. The van der Waals surface area contributed by atoms with Gasteiger partial charge in [0.05, 0.1) is 0 Å². The van der Waals surface area contributed by atoms with Gasteiger partial charge in [0.2, 0.25) is 0 Å². The first kappa shape index (κ1) is 14.8. The summed E-state index contributed by atoms with van der Waals surface area (Å²) in [6.07, 6.45) is 3.20. The molecule has 0 unspecified atom stereocenters. The number of hydrogen-bond acceptors (Lipinski definition) is 5. The maximum atomic E-state index is 4.60. The maximum Gasteiger partial charge on any atom is 0.185 e. The van der Waals surface area contributed by atoms with Crippen LogP contribution in [0.5, 0.6) is 0 Å². The summed E-state index contributed by atoms with van der Waals surface area (Å²) in [7, 11) is 2.21. The molecular formula is C14H26N4S. The van der Waals surface area contributed by atoms with E-state index in [0.29, 0.717) is 0 Å². The Bertz CT molecular complexity index is 402. The number of anilines is 1. The summed E-state index contributed by atoms with van der Waals surface area (Å²) in [4.78, 5) is 10.8. The van der Waals surface area contributed by atoms with Gasteiger partial charge in [-0.25, -0.2) is 4.98 Å². The van der Waals surface area contributed by atoms with E-state index in [1.54, 1.807) is 0 Å². The molecule has 0 amide bonds. The predicted molar refractivity (Wildman–Crippen MR) is 83.0 cm³/mol. The Morgan fingerprint density at radius 2 is 2.21 bits per heavy atom. The van der Waals surface area contributed by atoms with E-state index in [1.807, 2.05) is 17.5 Å². The minimum Gasteiger partial charge on any atom is -0.345 e. The molecule has 0 saturated carbocycles. The van der Waals surface area contributed by atoms with Crippen molar-refractivity contribution in [2.75, 3.05) is 38.1 Å². The first-order valence-corrected chi connectivity index (χ1v) is 7.96. The predicted octanol–water partition coefficient (Wildman–Crippen LogP) is 2.17. The van der Waals surface area contributed by atoms with E-state index in [9.17, 15) is 0 Å². The molecule has 1 saturated heterocycles. The van der Waals surface area contributed by atoms with Crippen LogP contribution in [0, 0.1) is 0 Å². The van der Waals surface area contributed by atoms with Crippen molar-refractivity contribution in [1.29, 1.82) is 0 Å². The lowest BCUT2D eigenvalue weighted by atomic mass is 10.0. The van der Waals surface area contributed by atoms with Gasteiger partial charge in [-0.3, -0.25) is 4.90 Å². The molecule has 0 atom stereocenters. The fourth-order valence-electron chi connectivity index (χ4n) is 2.32. The maximum absolute atomic E-state index is 4.60. The highest BCUT2D eigenvalue weighted by molar-refractivity contribution is 7.15. The van der Waals surface area contributed by atoms with E-state index < -0.39 is 0 Å². The zero-order valence-corrected chi connectivity index (χ0v) is 13.4. The molecule has 1 fully saturated rings. The van der Waals surface area contributed by atoms with Crippen molar-refractivity contribution in [3.05, 3.63) is 11.1 Å². The van der Waals surface area contributed by atoms with Crippen molar-refractivity contribution >= 4 is 16.5 Å². The standard InChI is InChI=1S/C14H26N4S/c1-5-6-15-9-12-10-16-13(19-12)18-8-7-17(4)14(2,3)11-18/h10,15H,5-9,11H2,1-4H3. The van der Waals surface area contributed by atoms with Gasteiger partial charge in [-0.2, -0.15) is 0 Å². The molecule has 108 valence electrons. The highest BCUT2D eigenvalue weighted by atomic mass is 32.1. The molecule has 1 aromatic rings. The number of piperazine rings is 1. The van der Waals surface area contributed by atoms with Crippen LogP contribution in [0.25, 0.3) is 0 Å². The van der Waals surface area contributed by atoms with Gasteiger partial charge >= 0.3 is 0 Å². The van der Waals surface area contributed by atoms with E-state index in [-0.39, 0.29) is 5.54 Å². The van der Waals surface area contributed by atoms with Crippen molar-refractivity contribution < 1.29 is 0 Å². The largest absolute Gasteiger partial charge is 0.345 e. The van der Waals surface area contributed by atoms with Gasteiger partial charge in [0.25, 0.3) is 0 Å². The van der Waals surface area contributed by atoms with Gasteiger partial charge in [-0.15, -0.1) is 11.3 Å². The molecule has 1 aliphatic rings. The highest BCUT2D eigenvalue weighted by Crippen LogP contribution is 2.27. The molecule has 0 spiro atoms. The van der Waals surface area contributed by atoms with E-state index in [2.05, 4.69) is 47.9 Å². The molecule has 0 radical (unpaired) electrons. The van der Waals surface area contributed by atoms with Gasteiger partial charge in [-0.05, 0) is 33.9 Å². The average Bonchev–Trinajstić information content (AvgIpc) is 2.82. The first-order valence-electron chi connectivity index (χ1n) is 7.14. The number of rotatable bonds is 5. The molecular weight excluding hydrogens is 256 g/mol. The Kier molecular flexibility index (Phi) is 4.81. The third kappa shape index (κ3) is 3.68. The number of nitrogens with one attached hydrogen (secondary N) is 1. The molecule has 4 nitrogen and oxygen atoms in total. The molecule has 19 heavy (non-hydrogen) atoms. The van der Waals surface area contributed by atoms with Crippen molar-refractivity contribution in [2.24, 2.45) is 0 Å². The van der Waals surface area contributed by atoms with Crippen LogP contribution in [0.2, 0.25) is 0 Å². The third-order valence-electron chi connectivity index (χ3n) is 3.85. The second-order valence-corrected chi connectivity index (χ2v) is 7.04. The van der Waals surface area contributed by atoms with Crippen LogP contribution >= 0.6 is 11.3 Å². The first-order chi connectivity index (χ1) is 9.03. The van der Waals surface area contributed by atoms with Crippen LogP contribution < -0.4 is 10.2 Å². The summed E-state index contributed by atoms with van der Waals surface area (Å²) < 4.78 is 0. The Morgan fingerprint density at radius 1 is 1.42 bits per heavy atom. The second kappa shape index (κ2) is 6.20. The van der Waals surface area contributed by atoms with Crippen molar-refractivity contribution in [2.45, 2.75) is 39.3 Å². The highest BCUT2D eigenvalue weighted by Gasteiger charge is 2.32. The van der Waals surface area contributed by atoms with Crippen LogP contribution in [0.1, 0.15) is 32.1 Å². The number of hydrogen-bond donors (Lipinski definition) is 1. The van der Waals surface area contributed by atoms with Gasteiger partial charge < -0.3 is 10.2 Å². The Labute approximate surface area is 120 Å². The van der Waals surface area contributed by atoms with Crippen LogP contribution in [0.4, 0.5) is 5.13 Å². The normalized spacial score (nSPS) is 19.9. The van der Waals surface area contributed by atoms with E-state index in [1.165, 1.54) is 16.4 Å². The lowest BCUT2D eigenvalue weighted by Crippen LogP contribution is -2.57. The lowest BCUT2D eigenvalue weighted by Gasteiger charge is -2.45. The van der Waals surface area contributed by atoms with Gasteiger partial charge in [0, 0.05) is 42.8 Å². The number of thiazole rings is 1. The summed E-state index contributed by atoms with van der Waals surface area (Å²) in [6.45, 7) is 12.1. The molecule has 1 aliphatic heterocycles. The Balaban J connectivity index is 1.95.